The molecule has 1 fully saturated rings. The minimum Gasteiger partial charge on any atom is -0.372 e. The number of nitriles is 1. The van der Waals surface area contributed by atoms with E-state index in [9.17, 15) is 9.59 Å². The van der Waals surface area contributed by atoms with E-state index in [1.807, 2.05) is 29.6 Å². The molecule has 3 aromatic rings. The Morgan fingerprint density at radius 1 is 0.848 bits per heavy atom. The van der Waals surface area contributed by atoms with E-state index in [0.717, 1.165) is 23.7 Å². The second-order valence-electron chi connectivity index (χ2n) is 8.05. The second kappa shape index (κ2) is 8.93. The summed E-state index contributed by atoms with van der Waals surface area (Å²) in [6.45, 7) is 2.12. The van der Waals surface area contributed by atoms with Gasteiger partial charge in [0, 0.05) is 29.3 Å². The molecule has 0 spiro atoms. The molecule has 0 unspecified atom stereocenters. The van der Waals surface area contributed by atoms with Crippen molar-refractivity contribution < 1.29 is 9.59 Å². The molecular formula is C26H22N4O2S. The first-order valence-corrected chi connectivity index (χ1v) is 11.8. The summed E-state index contributed by atoms with van der Waals surface area (Å²) in [4.78, 5) is 31.1. The molecule has 0 radical (unpaired) electrons. The summed E-state index contributed by atoms with van der Waals surface area (Å²) < 4.78 is 0. The molecule has 1 aromatic heterocycles. The lowest BCUT2D eigenvalue weighted by Gasteiger charge is -2.28. The number of piperidine rings is 1. The summed E-state index contributed by atoms with van der Waals surface area (Å²) in [6.07, 6.45) is 3.69. The molecule has 0 saturated carbocycles. The quantitative estimate of drug-likeness (QED) is 0.549. The summed E-state index contributed by atoms with van der Waals surface area (Å²) in [5, 5.41) is 14.2. The van der Waals surface area contributed by atoms with Crippen LogP contribution >= 0.6 is 11.3 Å². The Bertz CT molecular complexity index is 1250. The highest BCUT2D eigenvalue weighted by Gasteiger charge is 2.40. The molecule has 0 aliphatic carbocycles. The van der Waals surface area contributed by atoms with Gasteiger partial charge in [-0.05, 0) is 79.2 Å². The highest BCUT2D eigenvalue weighted by Crippen LogP contribution is 2.36. The number of hydrogen-bond donors (Lipinski definition) is 1. The standard InChI is InChI=1S/C26H22N4O2S/c27-17-18-6-10-21(11-7-18)30-25(31)23(22-5-4-16-33-22)24(26(30)32)28-19-8-12-20(13-9-19)29-14-2-1-3-15-29/h4-13,16,28H,1-3,14-15H2. The molecule has 0 atom stereocenters. The fourth-order valence-corrected chi connectivity index (χ4v) is 5.03. The van der Waals surface area contributed by atoms with Crippen molar-refractivity contribution in [3.8, 4) is 6.07 Å². The third-order valence-corrected chi connectivity index (χ3v) is 6.85. The van der Waals surface area contributed by atoms with Gasteiger partial charge >= 0.3 is 0 Å². The number of carbonyl (C=O) groups is 2. The van der Waals surface area contributed by atoms with Crippen LogP contribution in [0.1, 0.15) is 29.7 Å². The second-order valence-corrected chi connectivity index (χ2v) is 9.00. The van der Waals surface area contributed by atoms with Crippen LogP contribution in [0.2, 0.25) is 0 Å². The van der Waals surface area contributed by atoms with Crippen molar-refractivity contribution in [2.24, 2.45) is 0 Å². The predicted octanol–water partition coefficient (Wildman–Crippen LogP) is 5.01. The number of anilines is 3. The fourth-order valence-electron chi connectivity index (χ4n) is 4.27. The number of imide groups is 1. The summed E-state index contributed by atoms with van der Waals surface area (Å²) in [7, 11) is 0. The van der Waals surface area contributed by atoms with Crippen LogP contribution in [-0.2, 0) is 9.59 Å². The summed E-state index contributed by atoms with van der Waals surface area (Å²) in [5.41, 5.74) is 3.45. The number of hydrogen-bond acceptors (Lipinski definition) is 6. The molecule has 6 nitrogen and oxygen atoms in total. The van der Waals surface area contributed by atoms with Crippen molar-refractivity contribution >= 4 is 45.8 Å². The zero-order valence-corrected chi connectivity index (χ0v) is 18.8. The lowest BCUT2D eigenvalue weighted by Crippen LogP contribution is -2.32. The number of thiophene rings is 1. The lowest BCUT2D eigenvalue weighted by atomic mass is 10.1. The van der Waals surface area contributed by atoms with Crippen LogP contribution in [0.25, 0.3) is 5.57 Å². The van der Waals surface area contributed by atoms with Crippen molar-refractivity contribution in [3.05, 3.63) is 82.2 Å². The molecule has 3 heterocycles. The van der Waals surface area contributed by atoms with Crippen molar-refractivity contribution in [3.63, 3.8) is 0 Å². The first-order valence-electron chi connectivity index (χ1n) is 10.9. The van der Waals surface area contributed by atoms with Gasteiger partial charge in [0.25, 0.3) is 11.8 Å². The number of carbonyl (C=O) groups excluding carboxylic acids is 2. The Hall–Kier alpha value is -3.89. The monoisotopic (exact) mass is 454 g/mol. The Labute approximate surface area is 196 Å². The van der Waals surface area contributed by atoms with Gasteiger partial charge in [-0.1, -0.05) is 6.07 Å². The van der Waals surface area contributed by atoms with Crippen LogP contribution < -0.4 is 15.1 Å². The predicted molar refractivity (Wildman–Crippen MR) is 131 cm³/mol. The first-order chi connectivity index (χ1) is 16.2. The highest BCUT2D eigenvalue weighted by molar-refractivity contribution is 7.11. The van der Waals surface area contributed by atoms with Crippen molar-refractivity contribution in [2.45, 2.75) is 19.3 Å². The van der Waals surface area contributed by atoms with Gasteiger partial charge in [-0.3, -0.25) is 9.59 Å². The number of rotatable bonds is 5. The van der Waals surface area contributed by atoms with E-state index < -0.39 is 5.91 Å². The van der Waals surface area contributed by atoms with Crippen LogP contribution in [0, 0.1) is 11.3 Å². The highest BCUT2D eigenvalue weighted by atomic mass is 32.1. The number of benzene rings is 2. The normalized spacial score (nSPS) is 16.3. The van der Waals surface area contributed by atoms with Gasteiger partial charge in [-0.15, -0.1) is 11.3 Å². The van der Waals surface area contributed by atoms with Crippen LogP contribution in [0.3, 0.4) is 0 Å². The van der Waals surface area contributed by atoms with Crippen molar-refractivity contribution in [1.29, 1.82) is 5.26 Å². The summed E-state index contributed by atoms with van der Waals surface area (Å²) in [5.74, 6) is -0.784. The van der Waals surface area contributed by atoms with E-state index in [-0.39, 0.29) is 11.6 Å². The maximum Gasteiger partial charge on any atom is 0.282 e. The first kappa shape index (κ1) is 21.0. The summed E-state index contributed by atoms with van der Waals surface area (Å²) >= 11 is 1.42. The molecule has 1 N–H and O–H groups in total. The molecule has 0 bridgehead atoms. The maximum absolute atomic E-state index is 13.4. The van der Waals surface area contributed by atoms with E-state index in [1.165, 1.54) is 41.2 Å². The van der Waals surface area contributed by atoms with Crippen LogP contribution in [0.5, 0.6) is 0 Å². The molecule has 7 heteroatoms. The third-order valence-electron chi connectivity index (χ3n) is 5.96. The van der Waals surface area contributed by atoms with Crippen molar-refractivity contribution in [2.75, 3.05) is 28.2 Å². The van der Waals surface area contributed by atoms with Gasteiger partial charge in [0.2, 0.25) is 0 Å². The zero-order valence-electron chi connectivity index (χ0n) is 18.0. The average molecular weight is 455 g/mol. The summed E-state index contributed by atoms with van der Waals surface area (Å²) in [6, 6.07) is 20.2. The Morgan fingerprint density at radius 2 is 1.55 bits per heavy atom. The van der Waals surface area contributed by atoms with E-state index >= 15 is 0 Å². The molecule has 1 saturated heterocycles. The Balaban J connectivity index is 1.46. The Morgan fingerprint density at radius 3 is 2.18 bits per heavy atom. The molecule has 33 heavy (non-hydrogen) atoms. The van der Waals surface area contributed by atoms with Crippen LogP contribution in [-0.4, -0.2) is 24.9 Å². The molecule has 2 aliphatic heterocycles. The molecule has 164 valence electrons. The van der Waals surface area contributed by atoms with Gasteiger partial charge in [0.1, 0.15) is 5.70 Å². The molecule has 2 aliphatic rings. The number of nitrogens with one attached hydrogen (secondary N) is 1. The van der Waals surface area contributed by atoms with Gasteiger partial charge in [0.05, 0.1) is 22.9 Å². The van der Waals surface area contributed by atoms with Gasteiger partial charge in [-0.2, -0.15) is 5.26 Å². The number of nitrogens with zero attached hydrogens (tertiary/aromatic N) is 3. The topological polar surface area (TPSA) is 76.4 Å². The van der Waals surface area contributed by atoms with E-state index in [4.69, 9.17) is 5.26 Å². The molecular weight excluding hydrogens is 432 g/mol. The number of amides is 2. The van der Waals surface area contributed by atoms with E-state index in [2.05, 4.69) is 28.4 Å². The smallest absolute Gasteiger partial charge is 0.282 e. The average Bonchev–Trinajstić information content (AvgIpc) is 3.47. The van der Waals surface area contributed by atoms with Crippen molar-refractivity contribution in [1.82, 2.24) is 0 Å². The van der Waals surface area contributed by atoms with Gasteiger partial charge in [0.15, 0.2) is 0 Å². The van der Waals surface area contributed by atoms with E-state index in [1.54, 1.807) is 24.3 Å². The molecule has 5 rings (SSSR count). The molecule has 2 aromatic carbocycles. The third kappa shape index (κ3) is 4.01. The lowest BCUT2D eigenvalue weighted by molar-refractivity contribution is -0.120. The SMILES string of the molecule is N#Cc1ccc(N2C(=O)C(Nc3ccc(N4CCCCC4)cc3)=C(c3cccs3)C2=O)cc1. The fraction of sp³-hybridized carbons (Fsp3) is 0.192. The zero-order chi connectivity index (χ0) is 22.8. The largest absolute Gasteiger partial charge is 0.372 e. The van der Waals surface area contributed by atoms with Crippen LogP contribution in [0.15, 0.2) is 71.7 Å². The van der Waals surface area contributed by atoms with Crippen LogP contribution in [0.4, 0.5) is 17.1 Å². The minimum absolute atomic E-state index is 0.262. The molecule has 2 amide bonds. The minimum atomic E-state index is -0.409. The Kier molecular flexibility index (Phi) is 5.68. The van der Waals surface area contributed by atoms with Gasteiger partial charge in [-0.25, -0.2) is 4.90 Å². The van der Waals surface area contributed by atoms with E-state index in [0.29, 0.717) is 16.8 Å². The van der Waals surface area contributed by atoms with Gasteiger partial charge < -0.3 is 10.2 Å². The maximum atomic E-state index is 13.4.